The Morgan fingerprint density at radius 1 is 1.09 bits per heavy atom. The van der Waals surface area contributed by atoms with Crippen molar-refractivity contribution in [3.63, 3.8) is 0 Å². The van der Waals surface area contributed by atoms with Gasteiger partial charge in [-0.05, 0) is 50.3 Å². The SMILES string of the molecule is N[C@H]1CN(S(=O)(=O)N2CC3CCC2CC3)C[C@@H]1CCCB(O)O. The molecule has 0 amide bonds. The maximum absolute atomic E-state index is 13.0. The quantitative estimate of drug-likeness (QED) is 0.569. The molecule has 2 atom stereocenters. The largest absolute Gasteiger partial charge is 0.451 e. The first-order valence-electron chi connectivity index (χ1n) is 8.76. The maximum atomic E-state index is 13.0. The Kier molecular flexibility index (Phi) is 5.35. The van der Waals surface area contributed by atoms with Crippen LogP contribution < -0.4 is 5.73 Å². The smallest absolute Gasteiger partial charge is 0.427 e. The Hall–Kier alpha value is -0.185. The molecule has 2 bridgehead atoms. The van der Waals surface area contributed by atoms with Crippen LogP contribution in [0.2, 0.25) is 6.32 Å². The highest BCUT2D eigenvalue weighted by Gasteiger charge is 2.45. The van der Waals surface area contributed by atoms with Crippen LogP contribution in [-0.4, -0.2) is 65.9 Å². The molecule has 1 aliphatic carbocycles. The third-order valence-electron chi connectivity index (χ3n) is 5.78. The fraction of sp³-hybridized carbons (Fsp3) is 1.00. The van der Waals surface area contributed by atoms with E-state index in [1.807, 2.05) is 0 Å². The Labute approximate surface area is 139 Å². The Bertz CT molecular complexity index is 510. The monoisotopic (exact) mass is 345 g/mol. The van der Waals surface area contributed by atoms with Gasteiger partial charge in [0.05, 0.1) is 0 Å². The predicted molar refractivity (Wildman–Crippen MR) is 88.6 cm³/mol. The zero-order chi connectivity index (χ0) is 16.6. The van der Waals surface area contributed by atoms with Crippen LogP contribution >= 0.6 is 0 Å². The van der Waals surface area contributed by atoms with Crippen molar-refractivity contribution in [1.29, 1.82) is 0 Å². The van der Waals surface area contributed by atoms with Crippen molar-refractivity contribution in [2.45, 2.75) is 56.9 Å². The van der Waals surface area contributed by atoms with Crippen LogP contribution in [0.5, 0.6) is 0 Å². The van der Waals surface area contributed by atoms with Gasteiger partial charge in [-0.3, -0.25) is 0 Å². The van der Waals surface area contributed by atoms with E-state index in [9.17, 15) is 8.42 Å². The Morgan fingerprint density at radius 3 is 2.35 bits per heavy atom. The molecule has 0 aromatic heterocycles. The molecule has 7 nitrogen and oxygen atoms in total. The maximum Gasteiger partial charge on any atom is 0.451 e. The second-order valence-corrected chi connectivity index (χ2v) is 9.29. The lowest BCUT2D eigenvalue weighted by Gasteiger charge is -2.45. The van der Waals surface area contributed by atoms with Crippen molar-refractivity contribution >= 4 is 17.3 Å². The van der Waals surface area contributed by atoms with Gasteiger partial charge in [0.25, 0.3) is 10.2 Å². The van der Waals surface area contributed by atoms with Crippen LogP contribution in [0.15, 0.2) is 0 Å². The third kappa shape index (κ3) is 3.75. The topological polar surface area (TPSA) is 107 Å². The average Bonchev–Trinajstić information content (AvgIpc) is 2.90. The standard InChI is InChI=1S/C14H28BN3O4S/c16-14-10-17(9-12(14)2-1-7-15(19)20)23(21,22)18-8-11-3-5-13(18)6-4-11/h11-14,19-20H,1-10,16H2/t11?,12-,13?,14-/m0/s1. The lowest BCUT2D eigenvalue weighted by molar-refractivity contribution is 0.114. The van der Waals surface area contributed by atoms with Gasteiger partial charge < -0.3 is 15.8 Å². The van der Waals surface area contributed by atoms with Crippen LogP contribution in [0.25, 0.3) is 0 Å². The molecule has 1 saturated carbocycles. The minimum absolute atomic E-state index is 0.102. The average molecular weight is 345 g/mol. The summed E-state index contributed by atoms with van der Waals surface area (Å²) in [5.74, 6) is 0.624. The van der Waals surface area contributed by atoms with Gasteiger partial charge in [-0.2, -0.15) is 17.0 Å². The Morgan fingerprint density at radius 2 is 1.78 bits per heavy atom. The molecule has 3 aliphatic heterocycles. The first kappa shape index (κ1) is 17.6. The summed E-state index contributed by atoms with van der Waals surface area (Å²) in [6, 6.07) is 0.00685. The van der Waals surface area contributed by atoms with Crippen molar-refractivity contribution in [2.24, 2.45) is 17.6 Å². The molecular weight excluding hydrogens is 317 g/mol. The van der Waals surface area contributed by atoms with Gasteiger partial charge in [0.2, 0.25) is 0 Å². The molecular formula is C14H28BN3O4S. The Balaban J connectivity index is 1.60. The van der Waals surface area contributed by atoms with E-state index in [1.54, 1.807) is 8.61 Å². The molecule has 132 valence electrons. The van der Waals surface area contributed by atoms with E-state index >= 15 is 0 Å². The van der Waals surface area contributed by atoms with Crippen LogP contribution in [-0.2, 0) is 10.2 Å². The van der Waals surface area contributed by atoms with E-state index in [2.05, 4.69) is 0 Å². The number of hydrogen-bond donors (Lipinski definition) is 3. The molecule has 0 aromatic carbocycles. The second kappa shape index (κ2) is 6.97. The van der Waals surface area contributed by atoms with E-state index in [0.717, 1.165) is 32.1 Å². The molecule has 3 saturated heterocycles. The summed E-state index contributed by atoms with van der Waals surface area (Å²) in [6.45, 7) is 1.50. The summed E-state index contributed by atoms with van der Waals surface area (Å²) < 4.78 is 29.2. The number of rotatable bonds is 6. The number of fused-ring (bicyclic) bond motifs is 3. The van der Waals surface area contributed by atoms with Crippen molar-refractivity contribution < 1.29 is 18.5 Å². The van der Waals surface area contributed by atoms with Gasteiger partial charge >= 0.3 is 7.12 Å². The fourth-order valence-electron chi connectivity index (χ4n) is 4.36. The van der Waals surface area contributed by atoms with E-state index in [0.29, 0.717) is 38.3 Å². The summed E-state index contributed by atoms with van der Waals surface area (Å²) in [5, 5.41) is 17.8. The molecule has 4 rings (SSSR count). The highest BCUT2D eigenvalue weighted by molar-refractivity contribution is 7.86. The lowest BCUT2D eigenvalue weighted by Crippen LogP contribution is -2.55. The van der Waals surface area contributed by atoms with Gasteiger partial charge in [0, 0.05) is 31.7 Å². The number of piperidine rings is 2. The third-order valence-corrected chi connectivity index (χ3v) is 7.77. The van der Waals surface area contributed by atoms with Crippen LogP contribution in [0, 0.1) is 11.8 Å². The van der Waals surface area contributed by atoms with Crippen molar-refractivity contribution in [1.82, 2.24) is 8.61 Å². The number of nitrogens with zero attached hydrogens (tertiary/aromatic N) is 2. The summed E-state index contributed by atoms with van der Waals surface area (Å²) >= 11 is 0. The van der Waals surface area contributed by atoms with Gasteiger partial charge in [-0.25, -0.2) is 0 Å². The number of hydrogen-bond acceptors (Lipinski definition) is 5. The zero-order valence-corrected chi connectivity index (χ0v) is 14.4. The van der Waals surface area contributed by atoms with Crippen molar-refractivity contribution in [3.05, 3.63) is 0 Å². The molecule has 4 aliphatic rings. The summed E-state index contributed by atoms with van der Waals surface area (Å²) in [5.41, 5.74) is 6.14. The van der Waals surface area contributed by atoms with E-state index in [4.69, 9.17) is 15.8 Å². The van der Waals surface area contributed by atoms with Crippen molar-refractivity contribution in [2.75, 3.05) is 19.6 Å². The van der Waals surface area contributed by atoms with E-state index in [1.165, 1.54) is 0 Å². The van der Waals surface area contributed by atoms with Gasteiger partial charge in [0.15, 0.2) is 0 Å². The van der Waals surface area contributed by atoms with Crippen LogP contribution in [0.4, 0.5) is 0 Å². The minimum atomic E-state index is -3.41. The molecule has 0 radical (unpaired) electrons. The number of nitrogens with two attached hydrogens (primary N) is 1. The van der Waals surface area contributed by atoms with Gasteiger partial charge in [-0.1, -0.05) is 6.42 Å². The van der Waals surface area contributed by atoms with Gasteiger partial charge in [-0.15, -0.1) is 0 Å². The van der Waals surface area contributed by atoms with E-state index < -0.39 is 17.3 Å². The first-order valence-corrected chi connectivity index (χ1v) is 10.2. The molecule has 0 unspecified atom stereocenters. The van der Waals surface area contributed by atoms with Gasteiger partial charge in [0.1, 0.15) is 0 Å². The highest BCUT2D eigenvalue weighted by atomic mass is 32.2. The molecule has 4 N–H and O–H groups in total. The van der Waals surface area contributed by atoms with Crippen LogP contribution in [0.1, 0.15) is 38.5 Å². The molecule has 0 spiro atoms. The predicted octanol–water partition coefficient (Wildman–Crippen LogP) is -0.382. The summed E-state index contributed by atoms with van der Waals surface area (Å²) in [4.78, 5) is 0. The molecule has 23 heavy (non-hydrogen) atoms. The van der Waals surface area contributed by atoms with E-state index in [-0.39, 0.29) is 18.0 Å². The lowest BCUT2D eigenvalue weighted by atomic mass is 9.82. The fourth-order valence-corrected chi connectivity index (χ4v) is 6.39. The molecule has 0 aromatic rings. The summed E-state index contributed by atoms with van der Waals surface area (Å²) in [6.07, 6.45) is 5.98. The van der Waals surface area contributed by atoms with Crippen LogP contribution in [0.3, 0.4) is 0 Å². The molecule has 4 fully saturated rings. The zero-order valence-electron chi connectivity index (χ0n) is 13.5. The minimum Gasteiger partial charge on any atom is -0.427 e. The molecule has 3 heterocycles. The molecule has 9 heteroatoms. The highest BCUT2D eigenvalue weighted by Crippen LogP contribution is 2.38. The first-order chi connectivity index (χ1) is 10.9. The summed E-state index contributed by atoms with van der Waals surface area (Å²) in [7, 11) is -4.71. The normalized spacial score (nSPS) is 35.8. The second-order valence-electron chi connectivity index (χ2n) is 7.40. The van der Waals surface area contributed by atoms with Crippen molar-refractivity contribution in [3.8, 4) is 0 Å².